The topological polar surface area (TPSA) is 55.3 Å². The Morgan fingerprint density at radius 2 is 1.67 bits per heavy atom. The van der Waals surface area contributed by atoms with Crippen molar-refractivity contribution in [1.29, 1.82) is 0 Å². The van der Waals surface area contributed by atoms with Gasteiger partial charge in [0.25, 0.3) is 0 Å². The van der Waals surface area contributed by atoms with Crippen molar-refractivity contribution < 1.29 is 13.9 Å². The van der Waals surface area contributed by atoms with E-state index in [4.69, 9.17) is 4.74 Å². The fraction of sp³-hybridized carbons (Fsp3) is 0.190. The second kappa shape index (κ2) is 7.15. The van der Waals surface area contributed by atoms with Gasteiger partial charge in [0.1, 0.15) is 29.0 Å². The number of hydrogen-bond acceptors (Lipinski definition) is 4. The van der Waals surface area contributed by atoms with Crippen molar-refractivity contribution in [3.63, 3.8) is 0 Å². The van der Waals surface area contributed by atoms with Crippen molar-refractivity contribution in [2.75, 3.05) is 4.90 Å². The third kappa shape index (κ3) is 3.95. The zero-order valence-electron chi connectivity index (χ0n) is 14.8. The maximum absolute atomic E-state index is 13.0. The predicted molar refractivity (Wildman–Crippen MR) is 99.7 cm³/mol. The molecule has 1 saturated carbocycles. The van der Waals surface area contributed by atoms with E-state index in [9.17, 15) is 9.18 Å². The molecule has 0 spiro atoms. The van der Waals surface area contributed by atoms with Gasteiger partial charge in [-0.15, -0.1) is 0 Å². The maximum atomic E-state index is 13.0. The summed E-state index contributed by atoms with van der Waals surface area (Å²) < 4.78 is 18.7. The number of carbonyl (C=O) groups is 1. The van der Waals surface area contributed by atoms with Gasteiger partial charge in [-0.3, -0.25) is 9.69 Å². The van der Waals surface area contributed by atoms with Crippen molar-refractivity contribution in [3.8, 4) is 11.5 Å². The second-order valence-electron chi connectivity index (χ2n) is 6.45. The number of anilines is 2. The molecule has 0 radical (unpaired) electrons. The highest BCUT2D eigenvalue weighted by Gasteiger charge is 2.27. The van der Waals surface area contributed by atoms with Crippen molar-refractivity contribution in [1.82, 2.24) is 9.97 Å². The van der Waals surface area contributed by atoms with Crippen molar-refractivity contribution in [3.05, 3.63) is 72.4 Å². The van der Waals surface area contributed by atoms with Crippen LogP contribution in [-0.2, 0) is 4.79 Å². The Bertz CT molecular complexity index is 954. The first kappa shape index (κ1) is 17.1. The number of halogens is 1. The number of nitrogens with zero attached hydrogens (tertiary/aromatic N) is 3. The predicted octanol–water partition coefficient (Wildman–Crippen LogP) is 4.97. The van der Waals surface area contributed by atoms with Crippen LogP contribution in [0, 0.1) is 5.82 Å². The summed E-state index contributed by atoms with van der Waals surface area (Å²) in [6, 6.07) is 14.6. The van der Waals surface area contributed by atoms with Gasteiger partial charge in [-0.25, -0.2) is 14.4 Å². The van der Waals surface area contributed by atoms with Crippen LogP contribution in [0.15, 0.2) is 60.8 Å². The summed E-state index contributed by atoms with van der Waals surface area (Å²) in [5.74, 6) is 2.44. The van der Waals surface area contributed by atoms with Crippen LogP contribution >= 0.6 is 0 Å². The maximum Gasteiger partial charge on any atom is 0.229 e. The molecule has 1 aliphatic carbocycles. The largest absolute Gasteiger partial charge is 0.457 e. The minimum absolute atomic E-state index is 0.136. The number of hydrogen-bond donors (Lipinski definition) is 0. The van der Waals surface area contributed by atoms with Crippen LogP contribution in [0.4, 0.5) is 15.9 Å². The van der Waals surface area contributed by atoms with Gasteiger partial charge in [0.05, 0.1) is 5.69 Å². The first-order chi connectivity index (χ1) is 13.1. The van der Waals surface area contributed by atoms with Crippen LogP contribution in [0.1, 0.15) is 31.5 Å². The highest BCUT2D eigenvalue weighted by Crippen LogP contribution is 2.38. The van der Waals surface area contributed by atoms with E-state index in [2.05, 4.69) is 9.97 Å². The number of aromatic nitrogens is 2. The summed E-state index contributed by atoms with van der Waals surface area (Å²) in [6.45, 7) is 1.50. The minimum Gasteiger partial charge on any atom is -0.457 e. The molecule has 0 saturated heterocycles. The van der Waals surface area contributed by atoms with Gasteiger partial charge in [-0.1, -0.05) is 0 Å². The average Bonchev–Trinajstić information content (AvgIpc) is 3.51. The lowest BCUT2D eigenvalue weighted by molar-refractivity contribution is -0.115. The lowest BCUT2D eigenvalue weighted by Crippen LogP contribution is -2.24. The first-order valence-electron chi connectivity index (χ1n) is 8.77. The number of benzene rings is 2. The molecular formula is C21H18FN3O2. The van der Waals surface area contributed by atoms with E-state index in [1.54, 1.807) is 53.6 Å². The smallest absolute Gasteiger partial charge is 0.229 e. The van der Waals surface area contributed by atoms with Gasteiger partial charge in [-0.2, -0.15) is 0 Å². The van der Waals surface area contributed by atoms with E-state index in [0.29, 0.717) is 28.9 Å². The molecule has 0 bridgehead atoms. The molecule has 3 aromatic rings. The SMILES string of the molecule is CC(=O)N(c1ccc(Oc2ccc(F)cc2)cc1)c1ccnc(C2CC2)n1. The Labute approximate surface area is 156 Å². The van der Waals surface area contributed by atoms with E-state index in [1.165, 1.54) is 19.1 Å². The Balaban J connectivity index is 1.57. The summed E-state index contributed by atoms with van der Waals surface area (Å²) in [5.41, 5.74) is 0.689. The Morgan fingerprint density at radius 3 is 2.26 bits per heavy atom. The minimum atomic E-state index is -0.315. The lowest BCUT2D eigenvalue weighted by atomic mass is 10.2. The highest BCUT2D eigenvalue weighted by molar-refractivity contribution is 5.98. The zero-order valence-corrected chi connectivity index (χ0v) is 14.8. The lowest BCUT2D eigenvalue weighted by Gasteiger charge is -2.21. The van der Waals surface area contributed by atoms with E-state index in [-0.39, 0.29) is 11.7 Å². The third-order valence-corrected chi connectivity index (χ3v) is 4.29. The molecule has 0 aliphatic heterocycles. The fourth-order valence-electron chi connectivity index (χ4n) is 2.80. The molecule has 6 heteroatoms. The van der Waals surface area contributed by atoms with E-state index in [1.807, 2.05) is 0 Å². The highest BCUT2D eigenvalue weighted by atomic mass is 19.1. The Morgan fingerprint density at radius 1 is 1.04 bits per heavy atom. The standard InChI is InChI=1S/C21H18FN3O2/c1-14(26)25(20-12-13-23-21(24-20)15-2-3-15)17-6-10-19(11-7-17)27-18-8-4-16(22)5-9-18/h4-13,15H,2-3H2,1H3. The molecule has 0 N–H and O–H groups in total. The molecule has 1 fully saturated rings. The molecule has 27 heavy (non-hydrogen) atoms. The van der Waals surface area contributed by atoms with Crippen molar-refractivity contribution >= 4 is 17.4 Å². The molecule has 1 aliphatic rings. The van der Waals surface area contributed by atoms with Crippen LogP contribution in [0.3, 0.4) is 0 Å². The van der Waals surface area contributed by atoms with Crippen molar-refractivity contribution in [2.24, 2.45) is 0 Å². The second-order valence-corrected chi connectivity index (χ2v) is 6.45. The van der Waals surface area contributed by atoms with Gasteiger partial charge < -0.3 is 4.74 Å². The van der Waals surface area contributed by atoms with Crippen LogP contribution < -0.4 is 9.64 Å². The summed E-state index contributed by atoms with van der Waals surface area (Å²) in [7, 11) is 0. The molecule has 1 heterocycles. The number of amides is 1. The molecule has 1 aromatic heterocycles. The van der Waals surface area contributed by atoms with E-state index < -0.39 is 0 Å². The van der Waals surface area contributed by atoms with Crippen LogP contribution in [0.2, 0.25) is 0 Å². The van der Waals surface area contributed by atoms with Crippen molar-refractivity contribution in [2.45, 2.75) is 25.7 Å². The molecule has 0 atom stereocenters. The molecular weight excluding hydrogens is 345 g/mol. The molecule has 2 aromatic carbocycles. The fourth-order valence-corrected chi connectivity index (χ4v) is 2.80. The normalized spacial score (nSPS) is 13.3. The zero-order chi connectivity index (χ0) is 18.8. The molecule has 5 nitrogen and oxygen atoms in total. The summed E-state index contributed by atoms with van der Waals surface area (Å²) in [4.78, 5) is 22.7. The molecule has 1 amide bonds. The average molecular weight is 363 g/mol. The van der Waals surface area contributed by atoms with Gasteiger partial charge in [0.2, 0.25) is 5.91 Å². The molecule has 4 rings (SSSR count). The third-order valence-electron chi connectivity index (χ3n) is 4.29. The molecule has 136 valence electrons. The van der Waals surface area contributed by atoms with Crippen LogP contribution in [-0.4, -0.2) is 15.9 Å². The summed E-state index contributed by atoms with van der Waals surface area (Å²) in [6.07, 6.45) is 3.88. The van der Waals surface area contributed by atoms with Gasteiger partial charge in [0, 0.05) is 19.0 Å². The van der Waals surface area contributed by atoms with E-state index in [0.717, 1.165) is 18.7 Å². The first-order valence-corrected chi connectivity index (χ1v) is 8.77. The molecule has 0 unspecified atom stereocenters. The quantitative estimate of drug-likeness (QED) is 0.642. The Hall–Kier alpha value is -3.28. The number of ether oxygens (including phenoxy) is 1. The number of rotatable bonds is 5. The monoisotopic (exact) mass is 363 g/mol. The van der Waals surface area contributed by atoms with E-state index >= 15 is 0 Å². The van der Waals surface area contributed by atoms with Gasteiger partial charge in [-0.05, 0) is 67.4 Å². The number of carbonyl (C=O) groups excluding carboxylic acids is 1. The summed E-state index contributed by atoms with van der Waals surface area (Å²) in [5, 5.41) is 0. The van der Waals surface area contributed by atoms with Crippen LogP contribution in [0.25, 0.3) is 0 Å². The van der Waals surface area contributed by atoms with Crippen LogP contribution in [0.5, 0.6) is 11.5 Å². The Kier molecular flexibility index (Phi) is 4.54. The summed E-state index contributed by atoms with van der Waals surface area (Å²) >= 11 is 0. The van der Waals surface area contributed by atoms with Gasteiger partial charge in [0.15, 0.2) is 0 Å². The van der Waals surface area contributed by atoms with Gasteiger partial charge >= 0.3 is 0 Å².